The summed E-state index contributed by atoms with van der Waals surface area (Å²) in [6.45, 7) is 3.14. The predicted octanol–water partition coefficient (Wildman–Crippen LogP) is 5.66. The van der Waals surface area contributed by atoms with Gasteiger partial charge < -0.3 is 0 Å². The van der Waals surface area contributed by atoms with Crippen molar-refractivity contribution in [2.75, 3.05) is 6.26 Å². The van der Waals surface area contributed by atoms with Gasteiger partial charge >= 0.3 is 0 Å². The van der Waals surface area contributed by atoms with Gasteiger partial charge in [0, 0.05) is 29.9 Å². The van der Waals surface area contributed by atoms with Crippen LogP contribution in [-0.2, 0) is 9.84 Å². The molecule has 0 aliphatic heterocycles. The van der Waals surface area contributed by atoms with Gasteiger partial charge in [0.2, 0.25) is 0 Å². The molecule has 0 bridgehead atoms. The maximum atomic E-state index is 16.0. The Hall–Kier alpha value is -3.50. The van der Waals surface area contributed by atoms with E-state index >= 15 is 8.78 Å². The largest absolute Gasteiger partial charge is 0.277 e. The maximum Gasteiger partial charge on any atom is 0.274 e. The minimum Gasteiger partial charge on any atom is -0.277 e. The number of hydrogen-bond acceptors (Lipinski definition) is 5. The topological polar surface area (TPSA) is 81.9 Å². The van der Waals surface area contributed by atoms with Crippen molar-refractivity contribution >= 4 is 21.4 Å². The van der Waals surface area contributed by atoms with Gasteiger partial charge in [-0.2, -0.15) is 0 Å². The smallest absolute Gasteiger partial charge is 0.274 e. The summed E-state index contributed by atoms with van der Waals surface area (Å²) in [5, 5.41) is -0.125. The van der Waals surface area contributed by atoms with Crippen molar-refractivity contribution in [2.45, 2.75) is 37.0 Å². The first kappa shape index (κ1) is 26.1. The minimum absolute atomic E-state index is 0.125. The molecule has 1 aliphatic carbocycles. The fraction of sp³-hybridized carbons (Fsp3) is 0.222. The Kier molecular flexibility index (Phi) is 6.43. The van der Waals surface area contributed by atoms with Crippen LogP contribution in [0.3, 0.4) is 0 Å². The summed E-state index contributed by atoms with van der Waals surface area (Å²) in [7, 11) is -3.93. The van der Waals surface area contributed by atoms with Gasteiger partial charge in [0.25, 0.3) is 5.56 Å². The second-order valence-corrected chi connectivity index (χ2v) is 11.7. The van der Waals surface area contributed by atoms with Crippen LogP contribution in [0.2, 0.25) is 5.02 Å². The minimum atomic E-state index is -3.93. The van der Waals surface area contributed by atoms with Gasteiger partial charge in [0.15, 0.2) is 21.5 Å². The molecule has 2 atom stereocenters. The molecule has 6 nitrogen and oxygen atoms in total. The molecule has 4 aromatic rings. The lowest BCUT2D eigenvalue weighted by molar-refractivity contribution is 0.569. The Bertz CT molecular complexity index is 1790. The molecule has 3 aromatic heterocycles. The molecule has 11 heteroatoms. The molecule has 1 aliphatic rings. The zero-order valence-electron chi connectivity index (χ0n) is 20.5. The number of rotatable bonds is 5. The number of halogens is 4. The van der Waals surface area contributed by atoms with Crippen molar-refractivity contribution in [3.8, 4) is 16.9 Å². The van der Waals surface area contributed by atoms with Crippen LogP contribution in [-0.4, -0.2) is 29.2 Å². The van der Waals surface area contributed by atoms with Crippen LogP contribution in [0, 0.1) is 31.3 Å². The van der Waals surface area contributed by atoms with Gasteiger partial charge in [-0.1, -0.05) is 17.7 Å². The van der Waals surface area contributed by atoms with Crippen molar-refractivity contribution in [2.24, 2.45) is 0 Å². The quantitative estimate of drug-likeness (QED) is 0.315. The molecular formula is C27H21ClF3N3O3S. The molecule has 5 rings (SSSR count). The van der Waals surface area contributed by atoms with Crippen molar-refractivity contribution in [3.63, 3.8) is 0 Å². The van der Waals surface area contributed by atoms with Crippen LogP contribution < -0.4 is 5.56 Å². The first-order valence-corrected chi connectivity index (χ1v) is 13.8. The van der Waals surface area contributed by atoms with E-state index in [-0.39, 0.29) is 33.7 Å². The zero-order chi connectivity index (χ0) is 27.5. The number of aromatic nitrogens is 3. The highest BCUT2D eigenvalue weighted by Crippen LogP contribution is 2.56. The van der Waals surface area contributed by atoms with Crippen molar-refractivity contribution in [1.29, 1.82) is 0 Å². The van der Waals surface area contributed by atoms with E-state index in [0.717, 1.165) is 23.1 Å². The van der Waals surface area contributed by atoms with Gasteiger partial charge in [-0.15, -0.1) is 0 Å². The number of aryl methyl sites for hydroxylation is 2. The Morgan fingerprint density at radius 1 is 1.03 bits per heavy atom. The van der Waals surface area contributed by atoms with Gasteiger partial charge in [-0.25, -0.2) is 21.6 Å². The predicted molar refractivity (Wildman–Crippen MR) is 137 cm³/mol. The van der Waals surface area contributed by atoms with Crippen LogP contribution in [0.1, 0.15) is 40.6 Å². The molecular weight excluding hydrogens is 539 g/mol. The first-order valence-electron chi connectivity index (χ1n) is 11.6. The van der Waals surface area contributed by atoms with E-state index < -0.39 is 43.4 Å². The molecule has 3 heterocycles. The lowest BCUT2D eigenvalue weighted by Crippen LogP contribution is -2.24. The molecule has 0 saturated heterocycles. The third-order valence-corrected chi connectivity index (χ3v) is 8.27. The number of nitrogens with zero attached hydrogens (tertiary/aromatic N) is 3. The average molecular weight is 560 g/mol. The molecule has 0 N–H and O–H groups in total. The van der Waals surface area contributed by atoms with Crippen LogP contribution in [0.4, 0.5) is 13.2 Å². The van der Waals surface area contributed by atoms with Gasteiger partial charge in [0.05, 0.1) is 11.9 Å². The Labute approximate surface area is 221 Å². The Morgan fingerprint density at radius 3 is 2.42 bits per heavy atom. The van der Waals surface area contributed by atoms with E-state index in [1.807, 2.05) is 0 Å². The van der Waals surface area contributed by atoms with Gasteiger partial charge in [-0.3, -0.25) is 19.3 Å². The molecule has 1 fully saturated rings. The lowest BCUT2D eigenvalue weighted by atomic mass is 10.0. The monoisotopic (exact) mass is 559 g/mol. The fourth-order valence-corrected chi connectivity index (χ4v) is 5.90. The molecule has 1 aromatic carbocycles. The summed E-state index contributed by atoms with van der Waals surface area (Å²) in [4.78, 5) is 20.6. The van der Waals surface area contributed by atoms with E-state index in [2.05, 4.69) is 9.97 Å². The van der Waals surface area contributed by atoms with Gasteiger partial charge in [0.1, 0.15) is 21.4 Å². The van der Waals surface area contributed by atoms with E-state index in [0.29, 0.717) is 23.2 Å². The van der Waals surface area contributed by atoms with Crippen molar-refractivity contribution < 1.29 is 21.6 Å². The van der Waals surface area contributed by atoms with Gasteiger partial charge in [-0.05, 0) is 73.1 Å². The Morgan fingerprint density at radius 2 is 1.74 bits per heavy atom. The van der Waals surface area contributed by atoms with Crippen LogP contribution in [0.25, 0.3) is 16.9 Å². The highest BCUT2D eigenvalue weighted by Gasteiger charge is 2.43. The van der Waals surface area contributed by atoms with Crippen molar-refractivity contribution in [1.82, 2.24) is 14.5 Å². The molecule has 38 heavy (non-hydrogen) atoms. The summed E-state index contributed by atoms with van der Waals surface area (Å²) >= 11 is 6.50. The van der Waals surface area contributed by atoms with E-state index in [9.17, 15) is 17.6 Å². The summed E-state index contributed by atoms with van der Waals surface area (Å²) in [5.41, 5.74) is -0.0129. The molecule has 1 saturated carbocycles. The summed E-state index contributed by atoms with van der Waals surface area (Å²) in [6.07, 6.45) is 5.35. The summed E-state index contributed by atoms with van der Waals surface area (Å²) < 4.78 is 70.4. The number of sulfone groups is 1. The summed E-state index contributed by atoms with van der Waals surface area (Å²) in [5.74, 6) is -2.94. The molecule has 0 spiro atoms. The Balaban J connectivity index is 1.63. The zero-order valence-corrected chi connectivity index (χ0v) is 22.0. The fourth-order valence-electron chi connectivity index (χ4n) is 4.86. The van der Waals surface area contributed by atoms with Crippen LogP contribution >= 0.6 is 11.6 Å². The first-order chi connectivity index (χ1) is 17.9. The third-order valence-electron chi connectivity index (χ3n) is 6.77. The van der Waals surface area contributed by atoms with E-state index in [1.165, 1.54) is 31.5 Å². The molecule has 0 radical (unpaired) electrons. The summed E-state index contributed by atoms with van der Waals surface area (Å²) in [6, 6.07) is 6.84. The molecule has 0 amide bonds. The maximum absolute atomic E-state index is 16.0. The normalized spacial score (nSPS) is 17.0. The number of hydrogen-bond donors (Lipinski definition) is 0. The third kappa shape index (κ3) is 4.31. The van der Waals surface area contributed by atoms with Crippen LogP contribution in [0.5, 0.6) is 0 Å². The van der Waals surface area contributed by atoms with E-state index in [4.69, 9.17) is 11.6 Å². The number of pyridine rings is 3. The second kappa shape index (κ2) is 9.36. The number of benzene rings is 1. The SMILES string of the molecule is Cc1cnc(-c2cccc(S(C)(=O)=O)c2F)c(F)c1-n1c(C)cc([C@H]2C[C@@H]2c2ccncc2F)c(Cl)c1=O. The van der Waals surface area contributed by atoms with Crippen molar-refractivity contribution in [3.05, 3.63) is 104 Å². The average Bonchev–Trinajstić information content (AvgIpc) is 3.64. The van der Waals surface area contributed by atoms with Crippen LogP contribution in [0.15, 0.2) is 58.6 Å². The molecule has 0 unspecified atom stereocenters. The second-order valence-electron chi connectivity index (χ2n) is 9.38. The highest BCUT2D eigenvalue weighted by atomic mass is 35.5. The molecule has 196 valence electrons. The lowest BCUT2D eigenvalue weighted by Gasteiger charge is -2.18. The highest BCUT2D eigenvalue weighted by molar-refractivity contribution is 7.90. The van der Waals surface area contributed by atoms with E-state index in [1.54, 1.807) is 19.1 Å². The standard InChI is InChI=1S/C27H21ClF3N3O3S/c1-13-11-33-25(16-5-4-6-21(23(16)30)38(3,36)37)24(31)26(13)34-14(2)9-19(22(28)27(34)35)18-10-17(18)15-7-8-32-12-20(15)29/h4-9,11-12,17-18H,10H2,1-3H3/t17-,18+/m1/s1.